The molecule has 1 aromatic heterocycles. The second kappa shape index (κ2) is 8.52. The van der Waals surface area contributed by atoms with Crippen molar-refractivity contribution in [1.82, 2.24) is 4.98 Å². The zero-order chi connectivity index (χ0) is 22.8. The third-order valence-corrected chi connectivity index (χ3v) is 4.73. The maximum Gasteiger partial charge on any atom is 0.418 e. The summed E-state index contributed by atoms with van der Waals surface area (Å²) in [5, 5.41) is 9.59. The molecular weight excluding hydrogens is 411 g/mol. The molecule has 1 aliphatic heterocycles. The number of pyridine rings is 1. The molecule has 31 heavy (non-hydrogen) atoms. The van der Waals surface area contributed by atoms with Gasteiger partial charge >= 0.3 is 12.1 Å². The van der Waals surface area contributed by atoms with E-state index in [1.807, 2.05) is 6.07 Å². The van der Waals surface area contributed by atoms with Crippen molar-refractivity contribution in [3.05, 3.63) is 76.5 Å². The lowest BCUT2D eigenvalue weighted by Crippen LogP contribution is -2.25. The number of nitrogens with zero attached hydrogens (tertiary/aromatic N) is 2. The van der Waals surface area contributed by atoms with Crippen molar-refractivity contribution in [2.45, 2.75) is 25.9 Å². The highest BCUT2D eigenvalue weighted by Gasteiger charge is 2.37. The van der Waals surface area contributed by atoms with E-state index in [0.717, 1.165) is 6.07 Å². The number of carbonyl (C=O) groups is 1. The van der Waals surface area contributed by atoms with Crippen LogP contribution in [0.1, 0.15) is 30.9 Å². The molecule has 2 aromatic rings. The number of hydrogen-bond acceptors (Lipinski definition) is 6. The molecule has 2 N–H and O–H groups in total. The molecule has 0 fully saturated rings. The number of rotatable bonds is 4. The average molecular weight is 429 g/mol. The summed E-state index contributed by atoms with van der Waals surface area (Å²) in [5.41, 5.74) is 5.58. The molecule has 0 radical (unpaired) electrons. The van der Waals surface area contributed by atoms with Crippen LogP contribution >= 0.6 is 0 Å². The van der Waals surface area contributed by atoms with Gasteiger partial charge in [-0.15, -0.1) is 0 Å². The summed E-state index contributed by atoms with van der Waals surface area (Å²) in [6.07, 6.45) is -3.29. The molecule has 1 unspecified atom stereocenters. The van der Waals surface area contributed by atoms with E-state index in [4.69, 9.17) is 15.2 Å². The summed E-state index contributed by atoms with van der Waals surface area (Å²) < 4.78 is 50.4. The Morgan fingerprint density at radius 2 is 1.97 bits per heavy atom. The maximum absolute atomic E-state index is 13.3. The number of halogens is 3. The molecule has 0 amide bonds. The number of benzene rings is 1. The molecule has 2 heterocycles. The van der Waals surface area contributed by atoms with Crippen LogP contribution in [0.4, 0.5) is 13.2 Å². The average Bonchev–Trinajstić information content (AvgIpc) is 2.73. The summed E-state index contributed by atoms with van der Waals surface area (Å²) in [5.74, 6) is -1.50. The van der Waals surface area contributed by atoms with Crippen LogP contribution in [0.3, 0.4) is 0 Å². The molecule has 9 heteroatoms. The quantitative estimate of drug-likeness (QED) is 0.723. The Balaban J connectivity index is 2.09. The Labute approximate surface area is 176 Å². The first-order valence-electron chi connectivity index (χ1n) is 9.27. The first kappa shape index (κ1) is 21.9. The SMILES string of the molecule is CCOC(=O)C1=C(C)OC(N)=C(C#N)C1c1ccc(-c2ncccc2C(F)(F)F)cc1. The minimum atomic E-state index is -4.56. The van der Waals surface area contributed by atoms with Crippen molar-refractivity contribution < 1.29 is 27.4 Å². The largest absolute Gasteiger partial charge is 0.463 e. The number of hydrogen-bond donors (Lipinski definition) is 1. The van der Waals surface area contributed by atoms with Gasteiger partial charge in [-0.1, -0.05) is 24.3 Å². The number of carbonyl (C=O) groups excluding carboxylic acids is 1. The van der Waals surface area contributed by atoms with Gasteiger partial charge in [-0.3, -0.25) is 4.98 Å². The maximum atomic E-state index is 13.3. The van der Waals surface area contributed by atoms with Crippen molar-refractivity contribution in [3.8, 4) is 17.3 Å². The number of ether oxygens (including phenoxy) is 2. The van der Waals surface area contributed by atoms with Gasteiger partial charge in [0.25, 0.3) is 0 Å². The number of esters is 1. The number of aromatic nitrogens is 1. The van der Waals surface area contributed by atoms with E-state index in [2.05, 4.69) is 4.98 Å². The second-order valence-electron chi connectivity index (χ2n) is 6.63. The normalized spacial score (nSPS) is 16.6. The van der Waals surface area contributed by atoms with Crippen LogP contribution in [0.25, 0.3) is 11.3 Å². The predicted molar refractivity (Wildman–Crippen MR) is 105 cm³/mol. The molecule has 1 aliphatic rings. The van der Waals surface area contributed by atoms with Crippen molar-refractivity contribution in [1.29, 1.82) is 5.26 Å². The molecule has 0 spiro atoms. The fourth-order valence-corrected chi connectivity index (χ4v) is 3.39. The molecule has 0 saturated carbocycles. The summed E-state index contributed by atoms with van der Waals surface area (Å²) in [6, 6.07) is 10.1. The lowest BCUT2D eigenvalue weighted by Gasteiger charge is -2.27. The van der Waals surface area contributed by atoms with Crippen LogP contribution in [-0.4, -0.2) is 17.6 Å². The highest BCUT2D eigenvalue weighted by atomic mass is 19.4. The molecule has 0 bridgehead atoms. The monoisotopic (exact) mass is 429 g/mol. The lowest BCUT2D eigenvalue weighted by atomic mass is 9.82. The van der Waals surface area contributed by atoms with E-state index in [-0.39, 0.29) is 40.7 Å². The van der Waals surface area contributed by atoms with E-state index in [1.54, 1.807) is 6.92 Å². The molecule has 1 aromatic carbocycles. The fourth-order valence-electron chi connectivity index (χ4n) is 3.39. The minimum Gasteiger partial charge on any atom is -0.463 e. The Morgan fingerprint density at radius 3 is 2.55 bits per heavy atom. The van der Waals surface area contributed by atoms with Crippen molar-refractivity contribution in [2.75, 3.05) is 6.61 Å². The smallest absolute Gasteiger partial charge is 0.418 e. The van der Waals surface area contributed by atoms with Gasteiger partial charge in [0, 0.05) is 11.8 Å². The predicted octanol–water partition coefficient (Wildman–Crippen LogP) is 4.41. The molecule has 0 saturated heterocycles. The first-order valence-corrected chi connectivity index (χ1v) is 9.27. The van der Waals surface area contributed by atoms with Gasteiger partial charge in [-0.2, -0.15) is 18.4 Å². The van der Waals surface area contributed by atoms with Gasteiger partial charge < -0.3 is 15.2 Å². The summed E-state index contributed by atoms with van der Waals surface area (Å²) in [6.45, 7) is 3.28. The van der Waals surface area contributed by atoms with Crippen molar-refractivity contribution >= 4 is 5.97 Å². The Kier molecular flexibility index (Phi) is 6.02. The van der Waals surface area contributed by atoms with E-state index in [9.17, 15) is 23.2 Å². The van der Waals surface area contributed by atoms with Gasteiger partial charge in [-0.05, 0) is 31.5 Å². The highest BCUT2D eigenvalue weighted by Crippen LogP contribution is 2.41. The van der Waals surface area contributed by atoms with Gasteiger partial charge in [0.05, 0.1) is 29.4 Å². The topological polar surface area (TPSA) is 98.2 Å². The van der Waals surface area contributed by atoms with Crippen LogP contribution in [0.2, 0.25) is 0 Å². The van der Waals surface area contributed by atoms with Gasteiger partial charge in [0.2, 0.25) is 5.88 Å². The van der Waals surface area contributed by atoms with Crippen LogP contribution in [0.5, 0.6) is 0 Å². The van der Waals surface area contributed by atoms with Gasteiger partial charge in [-0.25, -0.2) is 4.79 Å². The number of nitrogens with two attached hydrogens (primary N) is 1. The van der Waals surface area contributed by atoms with E-state index in [0.29, 0.717) is 5.56 Å². The molecule has 3 rings (SSSR count). The number of allylic oxidation sites excluding steroid dienone is 2. The first-order chi connectivity index (χ1) is 14.7. The Hall–Kier alpha value is -3.80. The van der Waals surface area contributed by atoms with Crippen molar-refractivity contribution in [2.24, 2.45) is 5.73 Å². The molecular formula is C22H18F3N3O3. The van der Waals surface area contributed by atoms with Crippen LogP contribution in [0, 0.1) is 11.3 Å². The standard InChI is InChI=1S/C22H18F3N3O3/c1-3-30-21(29)17-12(2)31-20(27)15(11-26)18(17)13-6-8-14(9-7-13)19-16(22(23,24)25)5-4-10-28-19/h4-10,18H,3,27H2,1-2H3. The zero-order valence-electron chi connectivity index (χ0n) is 16.7. The number of alkyl halides is 3. The number of nitriles is 1. The van der Waals surface area contributed by atoms with E-state index >= 15 is 0 Å². The summed E-state index contributed by atoms with van der Waals surface area (Å²) >= 11 is 0. The van der Waals surface area contributed by atoms with Crippen LogP contribution in [-0.2, 0) is 20.4 Å². The molecule has 0 aliphatic carbocycles. The Morgan fingerprint density at radius 1 is 1.29 bits per heavy atom. The molecule has 1 atom stereocenters. The minimum absolute atomic E-state index is 0.00946. The van der Waals surface area contributed by atoms with Gasteiger partial charge in [0.1, 0.15) is 17.4 Å². The third-order valence-electron chi connectivity index (χ3n) is 4.73. The van der Waals surface area contributed by atoms with Crippen LogP contribution in [0.15, 0.2) is 65.4 Å². The second-order valence-corrected chi connectivity index (χ2v) is 6.63. The third kappa shape index (κ3) is 4.23. The summed E-state index contributed by atoms with van der Waals surface area (Å²) in [7, 11) is 0. The van der Waals surface area contributed by atoms with E-state index < -0.39 is 23.6 Å². The van der Waals surface area contributed by atoms with Gasteiger partial charge in [0.15, 0.2) is 0 Å². The molecule has 6 nitrogen and oxygen atoms in total. The van der Waals surface area contributed by atoms with E-state index in [1.165, 1.54) is 43.5 Å². The zero-order valence-corrected chi connectivity index (χ0v) is 16.7. The molecule has 160 valence electrons. The van der Waals surface area contributed by atoms with Crippen molar-refractivity contribution in [3.63, 3.8) is 0 Å². The highest BCUT2D eigenvalue weighted by molar-refractivity contribution is 5.92. The van der Waals surface area contributed by atoms with Crippen LogP contribution < -0.4 is 5.73 Å². The fraction of sp³-hybridized carbons (Fsp3) is 0.227. The lowest BCUT2D eigenvalue weighted by molar-refractivity contribution is -0.139. The Bertz CT molecular complexity index is 1110. The summed E-state index contributed by atoms with van der Waals surface area (Å²) in [4.78, 5) is 16.4.